The average Bonchev–Trinajstić information content (AvgIpc) is 2.47. The number of hydrogen-bond donors (Lipinski definition) is 2. The van der Waals surface area contributed by atoms with Gasteiger partial charge in [0, 0.05) is 20.6 Å². The topological polar surface area (TPSA) is 84.1 Å². The number of amides is 1. The number of carbonyl (C=O) groups is 1. The summed E-state index contributed by atoms with van der Waals surface area (Å²) in [5.41, 5.74) is 6.25. The third kappa shape index (κ3) is 3.69. The van der Waals surface area contributed by atoms with Crippen molar-refractivity contribution in [2.75, 3.05) is 26.0 Å². The van der Waals surface area contributed by atoms with Gasteiger partial charge >= 0.3 is 0 Å². The van der Waals surface area contributed by atoms with Gasteiger partial charge in [-0.1, -0.05) is 19.8 Å². The van der Waals surface area contributed by atoms with E-state index in [1.54, 1.807) is 26.2 Å². The molecule has 1 aliphatic rings. The van der Waals surface area contributed by atoms with Crippen LogP contribution in [0, 0.1) is 5.92 Å². The van der Waals surface area contributed by atoms with E-state index in [0.717, 1.165) is 12.8 Å². The van der Waals surface area contributed by atoms with Crippen LogP contribution in [0.4, 0.5) is 5.82 Å². The molecule has 0 aromatic carbocycles. The van der Waals surface area contributed by atoms with E-state index in [2.05, 4.69) is 22.4 Å². The maximum Gasteiger partial charge on any atom is 0.273 e. The third-order valence-electron chi connectivity index (χ3n) is 4.17. The Bertz CT molecular complexity index is 487. The SMILES string of the molecule is CC1CCCC(CN)(Nc2ccc(C(=O)N(C)C)nn2)C1. The van der Waals surface area contributed by atoms with E-state index in [1.165, 1.54) is 17.7 Å². The Kier molecular flexibility index (Phi) is 4.77. The fraction of sp³-hybridized carbons (Fsp3) is 0.667. The van der Waals surface area contributed by atoms with Crippen LogP contribution < -0.4 is 11.1 Å². The van der Waals surface area contributed by atoms with Gasteiger partial charge in [0.05, 0.1) is 5.54 Å². The smallest absolute Gasteiger partial charge is 0.273 e. The highest BCUT2D eigenvalue weighted by molar-refractivity contribution is 5.91. The van der Waals surface area contributed by atoms with Crippen molar-refractivity contribution < 1.29 is 4.79 Å². The highest BCUT2D eigenvalue weighted by atomic mass is 16.2. The molecule has 2 atom stereocenters. The fourth-order valence-corrected chi connectivity index (χ4v) is 3.02. The lowest BCUT2D eigenvalue weighted by Crippen LogP contribution is -2.49. The van der Waals surface area contributed by atoms with Crippen LogP contribution in [0.1, 0.15) is 43.1 Å². The summed E-state index contributed by atoms with van der Waals surface area (Å²) < 4.78 is 0. The molecule has 6 heteroatoms. The minimum absolute atomic E-state index is 0.0978. The summed E-state index contributed by atoms with van der Waals surface area (Å²) in [6.45, 7) is 2.84. The lowest BCUT2D eigenvalue weighted by Gasteiger charge is -2.40. The summed E-state index contributed by atoms with van der Waals surface area (Å²) in [5, 5.41) is 11.6. The summed E-state index contributed by atoms with van der Waals surface area (Å²) >= 11 is 0. The second-order valence-corrected chi connectivity index (χ2v) is 6.31. The predicted octanol–water partition coefficient (Wildman–Crippen LogP) is 1.50. The summed E-state index contributed by atoms with van der Waals surface area (Å²) in [5.74, 6) is 1.20. The maximum atomic E-state index is 11.8. The molecule has 0 radical (unpaired) electrons. The lowest BCUT2D eigenvalue weighted by molar-refractivity contribution is 0.0821. The Labute approximate surface area is 126 Å². The van der Waals surface area contributed by atoms with E-state index < -0.39 is 0 Å². The third-order valence-corrected chi connectivity index (χ3v) is 4.17. The maximum absolute atomic E-state index is 11.8. The molecule has 3 N–H and O–H groups in total. The molecular weight excluding hydrogens is 266 g/mol. The van der Waals surface area contributed by atoms with Crippen LogP contribution >= 0.6 is 0 Å². The first-order chi connectivity index (χ1) is 9.96. The van der Waals surface area contributed by atoms with Crippen LogP contribution in [-0.4, -0.2) is 47.2 Å². The highest BCUT2D eigenvalue weighted by Gasteiger charge is 2.34. The van der Waals surface area contributed by atoms with Gasteiger partial charge in [-0.05, 0) is 30.9 Å². The number of nitrogens with zero attached hydrogens (tertiary/aromatic N) is 3. The van der Waals surface area contributed by atoms with Gasteiger partial charge in [0.1, 0.15) is 5.82 Å². The van der Waals surface area contributed by atoms with E-state index in [9.17, 15) is 4.79 Å². The van der Waals surface area contributed by atoms with Gasteiger partial charge in [-0.25, -0.2) is 0 Å². The van der Waals surface area contributed by atoms with Gasteiger partial charge in [-0.3, -0.25) is 4.79 Å². The molecule has 0 aliphatic heterocycles. The van der Waals surface area contributed by atoms with Crippen molar-refractivity contribution >= 4 is 11.7 Å². The number of anilines is 1. The van der Waals surface area contributed by atoms with Crippen molar-refractivity contribution in [3.05, 3.63) is 17.8 Å². The van der Waals surface area contributed by atoms with Crippen LogP contribution in [0.15, 0.2) is 12.1 Å². The van der Waals surface area contributed by atoms with Crippen molar-refractivity contribution in [2.24, 2.45) is 11.7 Å². The second-order valence-electron chi connectivity index (χ2n) is 6.31. The van der Waals surface area contributed by atoms with E-state index in [-0.39, 0.29) is 11.4 Å². The molecule has 0 spiro atoms. The van der Waals surface area contributed by atoms with Crippen LogP contribution in [0.3, 0.4) is 0 Å². The molecule has 0 bridgehead atoms. The zero-order valence-corrected chi connectivity index (χ0v) is 13.1. The molecular formula is C15H25N5O. The molecule has 1 heterocycles. The fourth-order valence-electron chi connectivity index (χ4n) is 3.02. The van der Waals surface area contributed by atoms with Crippen molar-refractivity contribution in [1.82, 2.24) is 15.1 Å². The molecule has 2 unspecified atom stereocenters. The zero-order chi connectivity index (χ0) is 15.5. The van der Waals surface area contributed by atoms with Crippen LogP contribution in [0.5, 0.6) is 0 Å². The van der Waals surface area contributed by atoms with Gasteiger partial charge < -0.3 is 16.0 Å². The normalized spacial score (nSPS) is 25.4. The highest BCUT2D eigenvalue weighted by Crippen LogP contribution is 2.33. The van der Waals surface area contributed by atoms with Crippen molar-refractivity contribution in [3.8, 4) is 0 Å². The van der Waals surface area contributed by atoms with Crippen LogP contribution in [0.25, 0.3) is 0 Å². The largest absolute Gasteiger partial charge is 0.362 e. The summed E-state index contributed by atoms with van der Waals surface area (Å²) in [6, 6.07) is 3.51. The number of nitrogens with one attached hydrogen (secondary N) is 1. The summed E-state index contributed by atoms with van der Waals surface area (Å²) in [7, 11) is 3.39. The minimum atomic E-state index is -0.145. The van der Waals surface area contributed by atoms with E-state index in [0.29, 0.717) is 24.0 Å². The molecule has 2 rings (SSSR count). The van der Waals surface area contributed by atoms with Crippen LogP contribution in [-0.2, 0) is 0 Å². The lowest BCUT2D eigenvalue weighted by atomic mass is 9.76. The zero-order valence-electron chi connectivity index (χ0n) is 13.1. The molecule has 1 amide bonds. The minimum Gasteiger partial charge on any atom is -0.362 e. The molecule has 21 heavy (non-hydrogen) atoms. The average molecular weight is 291 g/mol. The summed E-state index contributed by atoms with van der Waals surface area (Å²) in [4.78, 5) is 13.3. The second kappa shape index (κ2) is 6.39. The standard InChI is InChI=1S/C15H25N5O/c1-11-5-4-8-15(9-11,10-16)17-13-7-6-12(18-19-13)14(21)20(2)3/h6-7,11H,4-5,8-10,16H2,1-3H3,(H,17,19). The Hall–Kier alpha value is -1.69. The van der Waals surface area contributed by atoms with E-state index in [1.807, 2.05) is 0 Å². The number of carbonyl (C=O) groups excluding carboxylic acids is 1. The first kappa shape index (κ1) is 15.7. The molecule has 1 fully saturated rings. The van der Waals surface area contributed by atoms with E-state index >= 15 is 0 Å². The predicted molar refractivity (Wildman–Crippen MR) is 83.1 cm³/mol. The molecule has 1 aromatic rings. The van der Waals surface area contributed by atoms with Gasteiger partial charge in [-0.15, -0.1) is 10.2 Å². The number of rotatable bonds is 4. The molecule has 116 valence electrons. The van der Waals surface area contributed by atoms with Crippen molar-refractivity contribution in [1.29, 1.82) is 0 Å². The first-order valence-corrected chi connectivity index (χ1v) is 7.49. The molecule has 6 nitrogen and oxygen atoms in total. The number of aromatic nitrogens is 2. The van der Waals surface area contributed by atoms with Gasteiger partial charge in [0.2, 0.25) is 0 Å². The summed E-state index contributed by atoms with van der Waals surface area (Å²) in [6.07, 6.45) is 4.53. The Morgan fingerprint density at radius 1 is 1.48 bits per heavy atom. The molecule has 1 aromatic heterocycles. The number of nitrogens with two attached hydrogens (primary N) is 1. The van der Waals surface area contributed by atoms with Gasteiger partial charge in [0.15, 0.2) is 5.69 Å². The monoisotopic (exact) mass is 291 g/mol. The van der Waals surface area contributed by atoms with Crippen molar-refractivity contribution in [2.45, 2.75) is 38.1 Å². The molecule has 0 saturated heterocycles. The molecule has 1 saturated carbocycles. The van der Waals surface area contributed by atoms with Crippen LogP contribution in [0.2, 0.25) is 0 Å². The molecule has 1 aliphatic carbocycles. The first-order valence-electron chi connectivity index (χ1n) is 7.49. The quantitative estimate of drug-likeness (QED) is 0.878. The van der Waals surface area contributed by atoms with Gasteiger partial charge in [0.25, 0.3) is 5.91 Å². The van der Waals surface area contributed by atoms with Gasteiger partial charge in [-0.2, -0.15) is 0 Å². The Morgan fingerprint density at radius 2 is 2.24 bits per heavy atom. The van der Waals surface area contributed by atoms with E-state index in [4.69, 9.17) is 5.73 Å². The van der Waals surface area contributed by atoms with Crippen molar-refractivity contribution in [3.63, 3.8) is 0 Å². The Balaban J connectivity index is 2.10. The Morgan fingerprint density at radius 3 is 2.76 bits per heavy atom. The number of hydrogen-bond acceptors (Lipinski definition) is 5.